The van der Waals surface area contributed by atoms with Gasteiger partial charge in [0, 0.05) is 12.6 Å². The lowest BCUT2D eigenvalue weighted by Gasteiger charge is -2.05. The molecule has 1 aromatic rings. The molecule has 0 saturated heterocycles. The molecule has 1 rings (SSSR count). The lowest BCUT2D eigenvalue weighted by Crippen LogP contribution is -2.26. The van der Waals surface area contributed by atoms with Crippen molar-refractivity contribution in [3.8, 4) is 0 Å². The van der Waals surface area contributed by atoms with Gasteiger partial charge in [-0.3, -0.25) is 0 Å². The second kappa shape index (κ2) is 3.99. The quantitative estimate of drug-likeness (QED) is 0.548. The molecule has 0 fully saturated rings. The summed E-state index contributed by atoms with van der Waals surface area (Å²) < 4.78 is 1.58. The van der Waals surface area contributed by atoms with E-state index in [9.17, 15) is 0 Å². The monoisotopic (exact) mass is 157 g/mol. The van der Waals surface area contributed by atoms with Crippen molar-refractivity contribution in [3.05, 3.63) is 6.33 Å². The van der Waals surface area contributed by atoms with Gasteiger partial charge in [0.2, 0.25) is 0 Å². The van der Waals surface area contributed by atoms with Crippen molar-refractivity contribution < 1.29 is 5.11 Å². The third-order valence-corrected chi connectivity index (χ3v) is 1.35. The minimum Gasteiger partial charge on any atom is -0.395 e. The van der Waals surface area contributed by atoms with Crippen LogP contribution in [-0.2, 0) is 6.54 Å². The van der Waals surface area contributed by atoms with Crippen LogP contribution in [0.2, 0.25) is 0 Å². The van der Waals surface area contributed by atoms with Crippen molar-refractivity contribution in [1.82, 2.24) is 20.2 Å². The van der Waals surface area contributed by atoms with Crippen molar-refractivity contribution in [2.45, 2.75) is 19.0 Å². The lowest BCUT2D eigenvalue weighted by atomic mass is 10.2. The number of hydrogen-bond acceptors (Lipinski definition) is 5. The zero-order chi connectivity index (χ0) is 8.10. The smallest absolute Gasteiger partial charge is 0.138 e. The average Bonchev–Trinajstić information content (AvgIpc) is 2.52. The van der Waals surface area contributed by atoms with Crippen molar-refractivity contribution in [2.75, 3.05) is 6.61 Å². The molecule has 0 aliphatic rings. The fraction of sp³-hybridized carbons (Fsp3) is 0.800. The van der Waals surface area contributed by atoms with Crippen LogP contribution in [0.1, 0.15) is 6.42 Å². The highest BCUT2D eigenvalue weighted by atomic mass is 16.3. The maximum atomic E-state index is 8.58. The van der Waals surface area contributed by atoms with E-state index in [0.29, 0.717) is 13.0 Å². The Morgan fingerprint density at radius 2 is 2.45 bits per heavy atom. The molecular formula is C5H11N5O. The largest absolute Gasteiger partial charge is 0.395 e. The Kier molecular flexibility index (Phi) is 2.94. The lowest BCUT2D eigenvalue weighted by molar-refractivity contribution is 0.254. The van der Waals surface area contributed by atoms with E-state index in [-0.39, 0.29) is 12.6 Å². The van der Waals surface area contributed by atoms with Gasteiger partial charge in [0.1, 0.15) is 6.33 Å². The summed E-state index contributed by atoms with van der Waals surface area (Å²) in [5.74, 6) is 0. The van der Waals surface area contributed by atoms with E-state index in [0.717, 1.165) is 0 Å². The Labute approximate surface area is 64.0 Å². The zero-order valence-corrected chi connectivity index (χ0v) is 6.09. The van der Waals surface area contributed by atoms with Gasteiger partial charge in [-0.05, 0) is 16.8 Å². The molecule has 62 valence electrons. The van der Waals surface area contributed by atoms with Crippen molar-refractivity contribution in [2.24, 2.45) is 5.73 Å². The Morgan fingerprint density at radius 1 is 1.64 bits per heavy atom. The molecule has 1 atom stereocenters. The van der Waals surface area contributed by atoms with Gasteiger partial charge in [0.05, 0.1) is 6.61 Å². The van der Waals surface area contributed by atoms with Crippen LogP contribution in [0.25, 0.3) is 0 Å². The van der Waals surface area contributed by atoms with Crippen LogP contribution in [-0.4, -0.2) is 38.0 Å². The Morgan fingerprint density at radius 3 is 3.00 bits per heavy atom. The molecule has 0 spiro atoms. The van der Waals surface area contributed by atoms with Gasteiger partial charge in [-0.1, -0.05) is 0 Å². The average molecular weight is 157 g/mol. The van der Waals surface area contributed by atoms with E-state index in [1.165, 1.54) is 6.33 Å². The molecular weight excluding hydrogens is 146 g/mol. The van der Waals surface area contributed by atoms with Crippen LogP contribution in [0.3, 0.4) is 0 Å². The molecule has 1 aromatic heterocycles. The molecule has 0 aromatic carbocycles. The highest BCUT2D eigenvalue weighted by Gasteiger charge is 2.00. The topological polar surface area (TPSA) is 89.8 Å². The fourth-order valence-corrected chi connectivity index (χ4v) is 0.672. The van der Waals surface area contributed by atoms with E-state index < -0.39 is 0 Å². The Bertz CT molecular complexity index is 187. The van der Waals surface area contributed by atoms with Crippen molar-refractivity contribution >= 4 is 0 Å². The maximum Gasteiger partial charge on any atom is 0.138 e. The zero-order valence-electron chi connectivity index (χ0n) is 6.09. The highest BCUT2D eigenvalue weighted by molar-refractivity contribution is 4.58. The second-order valence-corrected chi connectivity index (χ2v) is 2.30. The minimum atomic E-state index is -0.181. The van der Waals surface area contributed by atoms with Gasteiger partial charge in [0.15, 0.2) is 0 Å². The van der Waals surface area contributed by atoms with Gasteiger partial charge in [-0.25, -0.2) is 4.68 Å². The molecule has 0 bridgehead atoms. The molecule has 0 aliphatic carbocycles. The summed E-state index contributed by atoms with van der Waals surface area (Å²) in [4.78, 5) is 0. The SMILES string of the molecule is NC(CO)CCn1cnnn1. The summed E-state index contributed by atoms with van der Waals surface area (Å²) in [6.45, 7) is 0.650. The van der Waals surface area contributed by atoms with Gasteiger partial charge in [-0.15, -0.1) is 5.10 Å². The summed E-state index contributed by atoms with van der Waals surface area (Å²) in [6.07, 6.45) is 2.20. The third-order valence-electron chi connectivity index (χ3n) is 1.35. The number of rotatable bonds is 4. The van der Waals surface area contributed by atoms with Crippen LogP contribution in [0.15, 0.2) is 6.33 Å². The van der Waals surface area contributed by atoms with Crippen molar-refractivity contribution in [3.63, 3.8) is 0 Å². The van der Waals surface area contributed by atoms with E-state index in [1.54, 1.807) is 4.68 Å². The summed E-state index contributed by atoms with van der Waals surface area (Å²) in [7, 11) is 0. The fourth-order valence-electron chi connectivity index (χ4n) is 0.672. The predicted molar refractivity (Wildman–Crippen MR) is 37.5 cm³/mol. The number of nitrogens with two attached hydrogens (primary N) is 1. The predicted octanol–water partition coefficient (Wildman–Crippen LogP) is -1.62. The Balaban J connectivity index is 2.23. The summed E-state index contributed by atoms with van der Waals surface area (Å²) in [5.41, 5.74) is 5.46. The second-order valence-electron chi connectivity index (χ2n) is 2.30. The molecule has 1 heterocycles. The van der Waals surface area contributed by atoms with E-state index in [4.69, 9.17) is 10.8 Å². The molecule has 3 N–H and O–H groups in total. The van der Waals surface area contributed by atoms with E-state index >= 15 is 0 Å². The number of aryl methyl sites for hydroxylation is 1. The first kappa shape index (κ1) is 8.09. The normalized spacial score (nSPS) is 13.3. The Hall–Kier alpha value is -1.01. The summed E-state index contributed by atoms with van der Waals surface area (Å²) in [5, 5.41) is 19.1. The maximum absolute atomic E-state index is 8.58. The van der Waals surface area contributed by atoms with Crippen LogP contribution >= 0.6 is 0 Å². The number of tetrazole rings is 1. The molecule has 1 unspecified atom stereocenters. The first-order valence-corrected chi connectivity index (χ1v) is 3.40. The molecule has 6 nitrogen and oxygen atoms in total. The molecule has 0 radical (unpaired) electrons. The van der Waals surface area contributed by atoms with Gasteiger partial charge < -0.3 is 10.8 Å². The van der Waals surface area contributed by atoms with Gasteiger partial charge >= 0.3 is 0 Å². The van der Waals surface area contributed by atoms with Crippen LogP contribution < -0.4 is 5.73 Å². The number of nitrogens with zero attached hydrogens (tertiary/aromatic N) is 4. The first-order chi connectivity index (χ1) is 5.33. The number of aliphatic hydroxyl groups is 1. The number of aliphatic hydroxyl groups excluding tert-OH is 1. The standard InChI is InChI=1S/C5H11N5O/c6-5(3-11)1-2-10-4-7-8-9-10/h4-5,11H,1-3,6H2. The van der Waals surface area contributed by atoms with E-state index in [2.05, 4.69) is 15.5 Å². The van der Waals surface area contributed by atoms with Gasteiger partial charge in [0.25, 0.3) is 0 Å². The van der Waals surface area contributed by atoms with Crippen LogP contribution in [0, 0.1) is 0 Å². The van der Waals surface area contributed by atoms with Crippen LogP contribution in [0.4, 0.5) is 0 Å². The number of hydrogen-bond donors (Lipinski definition) is 2. The number of aromatic nitrogens is 4. The molecule has 0 saturated carbocycles. The van der Waals surface area contributed by atoms with Crippen LogP contribution in [0.5, 0.6) is 0 Å². The minimum absolute atomic E-state index is 0.00211. The van der Waals surface area contributed by atoms with Crippen molar-refractivity contribution in [1.29, 1.82) is 0 Å². The molecule has 0 aliphatic heterocycles. The summed E-state index contributed by atoms with van der Waals surface area (Å²) in [6, 6.07) is -0.181. The van der Waals surface area contributed by atoms with Gasteiger partial charge in [-0.2, -0.15) is 0 Å². The van der Waals surface area contributed by atoms with E-state index in [1.807, 2.05) is 0 Å². The third kappa shape index (κ3) is 2.60. The summed E-state index contributed by atoms with van der Waals surface area (Å²) >= 11 is 0. The first-order valence-electron chi connectivity index (χ1n) is 3.40. The molecule has 11 heavy (non-hydrogen) atoms. The molecule has 0 amide bonds. The highest BCUT2D eigenvalue weighted by Crippen LogP contribution is 1.89. The molecule has 6 heteroatoms.